The molecule has 1 aromatic heterocycles. The van der Waals surface area contributed by atoms with Crippen molar-refractivity contribution in [1.29, 1.82) is 0 Å². The summed E-state index contributed by atoms with van der Waals surface area (Å²) in [5.74, 6) is -0.407. The number of carbonyl (C=O) groups is 3. The van der Waals surface area contributed by atoms with Gasteiger partial charge in [0.2, 0.25) is 5.91 Å². The summed E-state index contributed by atoms with van der Waals surface area (Å²) in [6, 6.07) is 0. The van der Waals surface area contributed by atoms with Gasteiger partial charge in [-0.25, -0.2) is 4.98 Å². The predicted molar refractivity (Wildman–Crippen MR) is 124 cm³/mol. The van der Waals surface area contributed by atoms with Crippen LogP contribution in [0.25, 0.3) is 0 Å². The van der Waals surface area contributed by atoms with Crippen LogP contribution in [0.1, 0.15) is 61.5 Å². The highest BCUT2D eigenvalue weighted by Gasteiger charge is 2.48. The molecule has 0 saturated carbocycles. The maximum atomic E-state index is 13.5. The van der Waals surface area contributed by atoms with E-state index < -0.39 is 5.54 Å². The van der Waals surface area contributed by atoms with Gasteiger partial charge >= 0.3 is 0 Å². The first-order valence-corrected chi connectivity index (χ1v) is 12.0. The Morgan fingerprint density at radius 2 is 1.91 bits per heavy atom. The Labute approximate surface area is 196 Å². The van der Waals surface area contributed by atoms with E-state index in [-0.39, 0.29) is 35.7 Å². The van der Waals surface area contributed by atoms with Gasteiger partial charge in [-0.05, 0) is 25.7 Å². The lowest BCUT2D eigenvalue weighted by atomic mass is 9.93. The van der Waals surface area contributed by atoms with Crippen molar-refractivity contribution in [3.05, 3.63) is 17.7 Å². The Balaban J connectivity index is 1.72. The van der Waals surface area contributed by atoms with E-state index >= 15 is 0 Å². The molecular weight excluding hydrogens is 424 g/mol. The molecule has 1 atom stereocenters. The lowest BCUT2D eigenvalue weighted by Crippen LogP contribution is -2.64. The number of rotatable bonds is 10. The summed E-state index contributed by atoms with van der Waals surface area (Å²) in [4.78, 5) is 47.6. The summed E-state index contributed by atoms with van der Waals surface area (Å²) in [5, 5.41) is 5.88. The second-order valence-electron chi connectivity index (χ2n) is 9.45. The fourth-order valence-electron chi connectivity index (χ4n) is 4.33. The standard InChI is InChI=1S/C23H38N6O4/c1-5-9-29-21(31)19-18(20(30)24-8-10-27-11-13-33-14-12-27)26-16-28(19)15-23(29,4)22(32)25-7-6-17(2)3/h16-17H,5-15H2,1-4H3,(H,24,30)(H,25,32). The summed E-state index contributed by atoms with van der Waals surface area (Å²) in [6.45, 7) is 13.5. The fourth-order valence-corrected chi connectivity index (χ4v) is 4.33. The van der Waals surface area contributed by atoms with Crippen molar-refractivity contribution in [3.63, 3.8) is 0 Å². The van der Waals surface area contributed by atoms with Gasteiger partial charge in [-0.15, -0.1) is 0 Å². The smallest absolute Gasteiger partial charge is 0.273 e. The highest BCUT2D eigenvalue weighted by Crippen LogP contribution is 2.29. The SMILES string of the molecule is CCCN1C(=O)c2c(C(=O)NCCN3CCOCC3)ncn2CC1(C)C(=O)NCCC(C)C. The number of nitrogens with zero attached hydrogens (tertiary/aromatic N) is 4. The Bertz CT molecular complexity index is 848. The Kier molecular flexibility index (Phi) is 8.47. The van der Waals surface area contributed by atoms with Crippen molar-refractivity contribution in [2.45, 2.75) is 52.6 Å². The molecule has 0 aromatic carbocycles. The van der Waals surface area contributed by atoms with Crippen LogP contribution in [0.2, 0.25) is 0 Å². The number of hydrogen-bond acceptors (Lipinski definition) is 6. The average molecular weight is 463 g/mol. The van der Waals surface area contributed by atoms with Gasteiger partial charge in [0.15, 0.2) is 5.69 Å². The molecule has 33 heavy (non-hydrogen) atoms. The molecule has 0 bridgehead atoms. The maximum absolute atomic E-state index is 13.5. The van der Waals surface area contributed by atoms with Gasteiger partial charge in [-0.1, -0.05) is 20.8 Å². The number of morpholine rings is 1. The minimum absolute atomic E-state index is 0.116. The normalized spacial score (nSPS) is 21.2. The molecular formula is C23H38N6O4. The van der Waals surface area contributed by atoms with Crippen molar-refractivity contribution in [2.24, 2.45) is 5.92 Å². The first-order valence-electron chi connectivity index (χ1n) is 12.0. The molecule has 2 aliphatic heterocycles. The van der Waals surface area contributed by atoms with Gasteiger partial charge in [0.1, 0.15) is 11.2 Å². The Morgan fingerprint density at radius 3 is 2.58 bits per heavy atom. The van der Waals surface area contributed by atoms with E-state index in [0.717, 1.165) is 26.1 Å². The van der Waals surface area contributed by atoms with Crippen molar-refractivity contribution in [3.8, 4) is 0 Å². The van der Waals surface area contributed by atoms with Crippen LogP contribution < -0.4 is 10.6 Å². The zero-order valence-electron chi connectivity index (χ0n) is 20.4. The van der Waals surface area contributed by atoms with E-state index in [2.05, 4.69) is 34.4 Å². The lowest BCUT2D eigenvalue weighted by molar-refractivity contribution is -0.132. The van der Waals surface area contributed by atoms with E-state index in [9.17, 15) is 14.4 Å². The summed E-state index contributed by atoms with van der Waals surface area (Å²) in [7, 11) is 0. The van der Waals surface area contributed by atoms with E-state index in [1.807, 2.05) is 6.92 Å². The van der Waals surface area contributed by atoms with Crippen LogP contribution in [-0.2, 0) is 16.1 Å². The van der Waals surface area contributed by atoms with Crippen LogP contribution >= 0.6 is 0 Å². The van der Waals surface area contributed by atoms with Crippen molar-refractivity contribution >= 4 is 17.7 Å². The molecule has 2 N–H and O–H groups in total. The third-order valence-corrected chi connectivity index (χ3v) is 6.34. The highest BCUT2D eigenvalue weighted by atomic mass is 16.5. The summed E-state index contributed by atoms with van der Waals surface area (Å²) < 4.78 is 6.99. The molecule has 1 fully saturated rings. The fraction of sp³-hybridized carbons (Fsp3) is 0.739. The molecule has 0 aliphatic carbocycles. The van der Waals surface area contributed by atoms with E-state index in [1.54, 1.807) is 16.4 Å². The number of ether oxygens (including phenoxy) is 1. The molecule has 2 aliphatic rings. The first kappa shape index (κ1) is 25.2. The van der Waals surface area contributed by atoms with Crippen LogP contribution in [0.15, 0.2) is 6.33 Å². The van der Waals surface area contributed by atoms with Crippen LogP contribution in [0.3, 0.4) is 0 Å². The molecule has 1 saturated heterocycles. The minimum atomic E-state index is -1.04. The minimum Gasteiger partial charge on any atom is -0.379 e. The molecule has 3 rings (SSSR count). The lowest BCUT2D eigenvalue weighted by Gasteiger charge is -2.43. The number of fused-ring (bicyclic) bond motifs is 1. The number of nitrogens with one attached hydrogen (secondary N) is 2. The van der Waals surface area contributed by atoms with Crippen LogP contribution in [0.5, 0.6) is 0 Å². The van der Waals surface area contributed by atoms with Gasteiger partial charge in [0.05, 0.1) is 26.1 Å². The molecule has 0 spiro atoms. The topological polar surface area (TPSA) is 109 Å². The first-order chi connectivity index (χ1) is 15.8. The molecule has 10 heteroatoms. The monoisotopic (exact) mass is 462 g/mol. The highest BCUT2D eigenvalue weighted by molar-refractivity contribution is 6.07. The maximum Gasteiger partial charge on any atom is 0.273 e. The Morgan fingerprint density at radius 1 is 1.18 bits per heavy atom. The average Bonchev–Trinajstić information content (AvgIpc) is 3.20. The number of carbonyl (C=O) groups excluding carboxylic acids is 3. The van der Waals surface area contributed by atoms with Crippen molar-refractivity contribution < 1.29 is 19.1 Å². The number of amides is 3. The van der Waals surface area contributed by atoms with Gasteiger partial charge < -0.3 is 24.8 Å². The molecule has 184 valence electrons. The molecule has 3 heterocycles. The Hall–Kier alpha value is -2.46. The van der Waals surface area contributed by atoms with Gasteiger partial charge in [-0.2, -0.15) is 0 Å². The molecule has 1 aromatic rings. The summed E-state index contributed by atoms with van der Waals surface area (Å²) in [6.07, 6.45) is 3.07. The van der Waals surface area contributed by atoms with Gasteiger partial charge in [0, 0.05) is 39.3 Å². The zero-order valence-corrected chi connectivity index (χ0v) is 20.4. The number of imidazole rings is 1. The van der Waals surface area contributed by atoms with Crippen LogP contribution in [0, 0.1) is 5.92 Å². The molecule has 10 nitrogen and oxygen atoms in total. The van der Waals surface area contributed by atoms with Crippen molar-refractivity contribution in [1.82, 2.24) is 30.0 Å². The summed E-state index contributed by atoms with van der Waals surface area (Å²) in [5.41, 5.74) is -0.674. The van der Waals surface area contributed by atoms with E-state index in [4.69, 9.17) is 4.74 Å². The summed E-state index contributed by atoms with van der Waals surface area (Å²) >= 11 is 0. The van der Waals surface area contributed by atoms with Crippen molar-refractivity contribution in [2.75, 3.05) is 52.5 Å². The van der Waals surface area contributed by atoms with Crippen LogP contribution in [0.4, 0.5) is 0 Å². The largest absolute Gasteiger partial charge is 0.379 e. The van der Waals surface area contributed by atoms with Gasteiger partial charge in [-0.3, -0.25) is 19.3 Å². The third kappa shape index (κ3) is 5.73. The third-order valence-electron chi connectivity index (χ3n) is 6.34. The molecule has 0 radical (unpaired) electrons. The quantitative estimate of drug-likeness (QED) is 0.531. The predicted octanol–water partition coefficient (Wildman–Crippen LogP) is 0.732. The number of aromatic nitrogens is 2. The van der Waals surface area contributed by atoms with E-state index in [0.29, 0.717) is 45.2 Å². The van der Waals surface area contributed by atoms with Crippen LogP contribution in [-0.4, -0.2) is 95.1 Å². The second-order valence-corrected chi connectivity index (χ2v) is 9.45. The molecule has 1 unspecified atom stereocenters. The van der Waals surface area contributed by atoms with Gasteiger partial charge in [0.25, 0.3) is 11.8 Å². The number of hydrogen-bond donors (Lipinski definition) is 2. The molecule has 3 amide bonds. The second kappa shape index (κ2) is 11.1. The van der Waals surface area contributed by atoms with E-state index in [1.165, 1.54) is 6.33 Å². The zero-order chi connectivity index (χ0) is 24.0.